The Morgan fingerprint density at radius 2 is 2.11 bits per heavy atom. The second-order valence-electron chi connectivity index (χ2n) is 5.87. The molecule has 0 amide bonds. The topological polar surface area (TPSA) is 88.4 Å². The number of aromatic nitrogens is 4. The van der Waals surface area contributed by atoms with Gasteiger partial charge in [-0.05, 0) is 19.9 Å². The largest absolute Gasteiger partial charge is 0.356 e. The molecule has 0 radical (unpaired) electrons. The number of terminal acetylenes is 1. The molecule has 2 atom stereocenters. The molecule has 0 bridgehead atoms. The van der Waals surface area contributed by atoms with Crippen LogP contribution in [0.3, 0.4) is 0 Å². The van der Waals surface area contributed by atoms with Crippen molar-refractivity contribution >= 4 is 30.4 Å². The highest BCUT2D eigenvalue weighted by atomic mass is 35.5. The zero-order valence-corrected chi connectivity index (χ0v) is 16.7. The Labute approximate surface area is 162 Å². The van der Waals surface area contributed by atoms with Crippen LogP contribution in [0.25, 0.3) is 11.2 Å². The van der Waals surface area contributed by atoms with E-state index in [-0.39, 0.29) is 30.8 Å². The molecular weight excluding hydrogens is 391 g/mol. The fourth-order valence-electron chi connectivity index (χ4n) is 2.93. The first-order valence-corrected chi connectivity index (χ1v) is 10.6. The molecule has 1 aliphatic rings. The molecule has 2 aromatic heterocycles. The lowest BCUT2D eigenvalue weighted by Gasteiger charge is -2.26. The molecule has 8 nitrogen and oxygen atoms in total. The first-order valence-electron chi connectivity index (χ1n) is 8.48. The van der Waals surface area contributed by atoms with Gasteiger partial charge in [-0.2, -0.15) is 0 Å². The summed E-state index contributed by atoms with van der Waals surface area (Å²) in [5.41, 5.74) is 0.0951. The number of imidazole rings is 1. The molecule has 0 unspecified atom stereocenters. The fraction of sp³-hybridized carbons (Fsp3) is 0.471. The van der Waals surface area contributed by atoms with Crippen molar-refractivity contribution in [3.8, 4) is 12.3 Å². The van der Waals surface area contributed by atoms with Crippen molar-refractivity contribution in [2.75, 3.05) is 19.6 Å². The normalized spacial score (nSPS) is 22.4. The fourth-order valence-corrected chi connectivity index (χ4v) is 4.50. The van der Waals surface area contributed by atoms with E-state index in [0.29, 0.717) is 17.6 Å². The third kappa shape index (κ3) is 4.08. The zero-order chi connectivity index (χ0) is 19.5. The lowest BCUT2D eigenvalue weighted by atomic mass is 10.0. The second kappa shape index (κ2) is 8.09. The SMILES string of the molecule is C#C[C@@]1(OCP(=O)(OCC)OCC)C=C[C@H](n2cnc3c(Cl)ncnc32)C1. The van der Waals surface area contributed by atoms with Crippen LogP contribution in [0.4, 0.5) is 0 Å². The summed E-state index contributed by atoms with van der Waals surface area (Å²) >= 11 is 6.06. The summed E-state index contributed by atoms with van der Waals surface area (Å²) in [5.74, 6) is 2.65. The van der Waals surface area contributed by atoms with Crippen LogP contribution in [0.15, 0.2) is 24.8 Å². The molecule has 0 saturated carbocycles. The lowest BCUT2D eigenvalue weighted by molar-refractivity contribution is 0.0439. The zero-order valence-electron chi connectivity index (χ0n) is 15.0. The van der Waals surface area contributed by atoms with E-state index in [1.807, 2.05) is 10.6 Å². The van der Waals surface area contributed by atoms with Crippen LogP contribution in [0, 0.1) is 12.3 Å². The van der Waals surface area contributed by atoms with E-state index in [9.17, 15) is 4.57 Å². The molecule has 1 aliphatic carbocycles. The Morgan fingerprint density at radius 3 is 2.78 bits per heavy atom. The van der Waals surface area contributed by atoms with Gasteiger partial charge >= 0.3 is 7.60 Å². The predicted octanol–water partition coefficient (Wildman–Crippen LogP) is 3.59. The van der Waals surface area contributed by atoms with Crippen LogP contribution >= 0.6 is 19.2 Å². The lowest BCUT2D eigenvalue weighted by Crippen LogP contribution is -2.28. The molecule has 2 heterocycles. The average molecular weight is 411 g/mol. The quantitative estimate of drug-likeness (QED) is 0.284. The van der Waals surface area contributed by atoms with Gasteiger partial charge in [-0.3, -0.25) is 4.57 Å². The first kappa shape index (κ1) is 20.0. The number of hydrogen-bond donors (Lipinski definition) is 0. The van der Waals surface area contributed by atoms with E-state index in [0.717, 1.165) is 0 Å². The maximum atomic E-state index is 12.6. The minimum absolute atomic E-state index is 0.143. The maximum Gasteiger partial charge on any atom is 0.356 e. The predicted molar refractivity (Wildman–Crippen MR) is 102 cm³/mol. The number of fused-ring (bicyclic) bond motifs is 1. The molecule has 0 aliphatic heterocycles. The minimum Gasteiger partial charge on any atom is -0.346 e. The van der Waals surface area contributed by atoms with Crippen LogP contribution in [-0.4, -0.2) is 44.7 Å². The Bertz CT molecular complexity index is 931. The van der Waals surface area contributed by atoms with Gasteiger partial charge in [0.2, 0.25) is 0 Å². The van der Waals surface area contributed by atoms with E-state index >= 15 is 0 Å². The smallest absolute Gasteiger partial charge is 0.346 e. The number of rotatable bonds is 8. The van der Waals surface area contributed by atoms with E-state index < -0.39 is 13.2 Å². The molecule has 3 rings (SSSR count). The van der Waals surface area contributed by atoms with Gasteiger partial charge in [0.1, 0.15) is 17.4 Å². The van der Waals surface area contributed by atoms with Crippen molar-refractivity contribution in [2.24, 2.45) is 0 Å². The highest BCUT2D eigenvalue weighted by Crippen LogP contribution is 2.50. The molecule has 27 heavy (non-hydrogen) atoms. The van der Waals surface area contributed by atoms with Crippen LogP contribution in [0.5, 0.6) is 0 Å². The van der Waals surface area contributed by atoms with Crippen LogP contribution < -0.4 is 0 Å². The number of allylic oxidation sites excluding steroid dienone is 1. The van der Waals surface area contributed by atoms with Gasteiger partial charge in [-0.1, -0.05) is 23.6 Å². The third-order valence-corrected chi connectivity index (χ3v) is 6.17. The highest BCUT2D eigenvalue weighted by molar-refractivity contribution is 7.53. The van der Waals surface area contributed by atoms with Gasteiger partial charge in [0.25, 0.3) is 0 Å². The summed E-state index contributed by atoms with van der Waals surface area (Å²) in [4.78, 5) is 12.4. The Kier molecular flexibility index (Phi) is 5.99. The van der Waals surface area contributed by atoms with Crippen molar-refractivity contribution < 1.29 is 18.3 Å². The van der Waals surface area contributed by atoms with Gasteiger partial charge in [0.05, 0.1) is 25.6 Å². The summed E-state index contributed by atoms with van der Waals surface area (Å²) in [6, 6.07) is -0.143. The Hall–Kier alpha value is -1.75. The summed E-state index contributed by atoms with van der Waals surface area (Å²) in [5, 5.41) is 0.287. The van der Waals surface area contributed by atoms with Gasteiger partial charge < -0.3 is 18.4 Å². The molecule has 144 valence electrons. The second-order valence-corrected chi connectivity index (χ2v) is 8.23. The molecular formula is C17H20ClN4O4P. The van der Waals surface area contributed by atoms with Crippen molar-refractivity contribution in [1.82, 2.24) is 19.5 Å². The third-order valence-electron chi connectivity index (χ3n) is 4.15. The van der Waals surface area contributed by atoms with Gasteiger partial charge in [0, 0.05) is 6.42 Å². The highest BCUT2D eigenvalue weighted by Gasteiger charge is 2.38. The van der Waals surface area contributed by atoms with Crippen molar-refractivity contribution in [1.29, 1.82) is 0 Å². The summed E-state index contributed by atoms with van der Waals surface area (Å²) < 4.78 is 30.9. The summed E-state index contributed by atoms with van der Waals surface area (Å²) in [7, 11) is -3.36. The molecule has 0 aromatic carbocycles. The van der Waals surface area contributed by atoms with E-state index in [4.69, 9.17) is 31.8 Å². The molecule has 0 fully saturated rings. The molecule has 0 spiro atoms. The van der Waals surface area contributed by atoms with Crippen molar-refractivity contribution in [2.45, 2.75) is 31.9 Å². The number of hydrogen-bond acceptors (Lipinski definition) is 7. The van der Waals surface area contributed by atoms with Gasteiger partial charge in [0.15, 0.2) is 17.1 Å². The van der Waals surface area contributed by atoms with Crippen LogP contribution in [0.2, 0.25) is 5.15 Å². The average Bonchev–Trinajstić information content (AvgIpc) is 3.26. The summed E-state index contributed by atoms with van der Waals surface area (Å²) in [6.45, 7) is 3.99. The number of ether oxygens (including phenoxy) is 1. The van der Waals surface area contributed by atoms with E-state index in [1.165, 1.54) is 6.33 Å². The molecule has 10 heteroatoms. The summed E-state index contributed by atoms with van der Waals surface area (Å²) in [6.07, 6.45) is 12.6. The Morgan fingerprint density at radius 1 is 1.37 bits per heavy atom. The standard InChI is InChI=1S/C17H20ClN4O4P/c1-4-17(24-12-27(23,25-5-2)26-6-3)8-7-13(9-17)22-11-21-14-15(18)19-10-20-16(14)22/h1,7-8,10-11,13H,5-6,9,12H2,2-3H3/t13-,17+/m0/s1. The van der Waals surface area contributed by atoms with Crippen molar-refractivity contribution in [3.63, 3.8) is 0 Å². The number of halogens is 1. The molecule has 2 aromatic rings. The van der Waals surface area contributed by atoms with Gasteiger partial charge in [-0.15, -0.1) is 6.42 Å². The van der Waals surface area contributed by atoms with E-state index in [1.54, 1.807) is 26.3 Å². The van der Waals surface area contributed by atoms with Crippen molar-refractivity contribution in [3.05, 3.63) is 30.0 Å². The molecule has 0 saturated heterocycles. The monoisotopic (exact) mass is 410 g/mol. The number of nitrogens with zero attached hydrogens (tertiary/aromatic N) is 4. The minimum atomic E-state index is -3.36. The van der Waals surface area contributed by atoms with Gasteiger partial charge in [-0.25, -0.2) is 15.0 Å². The van der Waals surface area contributed by atoms with E-state index in [2.05, 4.69) is 20.9 Å². The van der Waals surface area contributed by atoms with Crippen LogP contribution in [-0.2, 0) is 18.3 Å². The maximum absolute atomic E-state index is 12.6. The van der Waals surface area contributed by atoms with Crippen LogP contribution in [0.1, 0.15) is 26.3 Å². The Balaban J connectivity index is 1.78. The first-order chi connectivity index (χ1) is 13.0. The molecule has 0 N–H and O–H groups in total.